The Labute approximate surface area is 798 Å². The highest BCUT2D eigenvalue weighted by Crippen LogP contribution is 2.46. The Morgan fingerprint density at radius 3 is 1.44 bits per heavy atom. The molecule has 0 spiro atoms. The molecule has 15 N–H and O–H groups in total. The Morgan fingerprint density at radius 1 is 0.529 bits per heavy atom. The monoisotopic (exact) mass is 1980 g/mol. The fraction of sp³-hybridized carbons (Fsp3) is 0.333. The van der Waals surface area contributed by atoms with Gasteiger partial charge >= 0.3 is 17.9 Å². The van der Waals surface area contributed by atoms with Gasteiger partial charge in [0, 0.05) is 143 Å². The van der Waals surface area contributed by atoms with Crippen molar-refractivity contribution in [3.63, 3.8) is 0 Å². The minimum absolute atomic E-state index is 0.0149. The number of nitrogens with one attached hydrogen (secondary N) is 6. The van der Waals surface area contributed by atoms with Gasteiger partial charge in [0.1, 0.15) is 78.3 Å². The molecule has 13 atom stereocenters. The van der Waals surface area contributed by atoms with Gasteiger partial charge < -0.3 is 129 Å². The van der Waals surface area contributed by atoms with Gasteiger partial charge in [0.05, 0.1) is 83.0 Å². The van der Waals surface area contributed by atoms with E-state index < -0.39 is 121 Å². The van der Waals surface area contributed by atoms with Crippen LogP contribution in [0.2, 0.25) is 0 Å². The van der Waals surface area contributed by atoms with E-state index in [9.17, 15) is 67.7 Å². The first-order valence-corrected chi connectivity index (χ1v) is 48.0. The summed E-state index contributed by atoms with van der Waals surface area (Å²) in [6.07, 6.45) is 5.35. The molecule has 17 rings (SSSR count). The number of hydrogen-bond acceptors (Lipinski definition) is 39. The largest absolute Gasteiger partial charge is 0.761 e. The van der Waals surface area contributed by atoms with Crippen LogP contribution < -0.4 is 64.3 Å². The van der Waals surface area contributed by atoms with Crippen molar-refractivity contribution in [2.24, 2.45) is 0 Å². The van der Waals surface area contributed by atoms with E-state index in [1.807, 2.05) is 111 Å². The third-order valence-corrected chi connectivity index (χ3v) is 27.2. The lowest BCUT2D eigenvalue weighted by atomic mass is 10.1. The number of aryl methyl sites for hydroxylation is 3. The number of nitrogens with zero attached hydrogens (tertiary/aromatic N) is 15. The number of H-pyrrole nitrogens is 2. The quantitative estimate of drug-likeness (QED) is 0.0141. The van der Waals surface area contributed by atoms with Crippen LogP contribution in [0, 0.1) is 56.3 Å². The number of aliphatic hydroxyl groups excluding tert-OH is 3. The number of ether oxygens (including phenoxy) is 6. The molecular weight excluding hydrogens is 1880 g/mol. The Morgan fingerprint density at radius 2 is 0.971 bits per heavy atom. The highest BCUT2D eigenvalue weighted by molar-refractivity contribution is 7.50. The topological polar surface area (TPSA) is 634 Å². The molecule has 13 heterocycles. The number of carbonyl (C=O) groups is 3. The molecule has 0 amide bonds. The summed E-state index contributed by atoms with van der Waals surface area (Å²) in [7, 11) is -6.17. The number of nitrogens with two attached hydrogens (primary N) is 3. The molecule has 4 saturated heterocycles. The number of rotatable bonds is 28. The molecule has 13 aromatic rings. The molecule has 0 radical (unpaired) electrons. The van der Waals surface area contributed by atoms with Gasteiger partial charge in [0.15, 0.2) is 31.1 Å². The zero-order chi connectivity index (χ0) is 99.4. The number of esters is 3. The molecular formula is C90H98N24O23P3-3. The molecule has 4 fully saturated rings. The van der Waals surface area contributed by atoms with Gasteiger partial charge in [-0.1, -0.05) is 78.0 Å². The minimum atomic E-state index is -4.55. The molecule has 50 heteroatoms. The number of fused-ring (bicyclic) bond motifs is 3. The van der Waals surface area contributed by atoms with Crippen LogP contribution in [0.5, 0.6) is 0 Å². The van der Waals surface area contributed by atoms with E-state index in [0.717, 1.165) is 54.4 Å². The summed E-state index contributed by atoms with van der Waals surface area (Å²) >= 11 is 0. The molecule has 0 bridgehead atoms. The number of carbonyl (C=O) groups excluding carboxylic acids is 3. The fourth-order valence-corrected chi connectivity index (χ4v) is 19.1. The number of benzene rings is 4. The van der Waals surface area contributed by atoms with Gasteiger partial charge in [0.25, 0.3) is 11.1 Å². The first kappa shape index (κ1) is 100. The smallest absolute Gasteiger partial charge is 0.339 e. The average molecular weight is 1980 g/mol. The summed E-state index contributed by atoms with van der Waals surface area (Å²) in [5, 5.41) is 45.4. The van der Waals surface area contributed by atoms with Crippen molar-refractivity contribution in [2.45, 2.75) is 108 Å². The standard InChI is InChI=1S/C33H35N8O8P.C32H33N8O8P.C25H33N8O7P/c1-20-36-12-13-41(20)50(45,46)48-19-27-26(42)17-28(49-27)40-18-22(30-31(40)38-33(34)39-32(30)44)7-6-14-47-29(43)15-21-10-11-24(35-2)16-25(21)37-23-8-4-3-5-9-23;1-19-35-10-11-40(19)49(44,45)47-18-26-25(41)16-27(48-26)39-17-20(28-29(39)37-32(33)38-30(28)42)7-6-12-46-31(43)21-13-23(34-2)15-24(14-21)36-22-8-4-3-5-9-22;1-16-27-6-7-33(16)41(36,37)39-14-20-19(34)11-21(40-20)32-12-17(22-23(26)28-15-29-24(22)32)5-4-10-38-25(35)18-13-30(2)8-9-31(18)3/h3-5,8-13,16,18,26-28,35,37,42H,14-15,17,19H2,1-2H3,(H,45,46)(H3,34,38,39,44);3-5,8-11,13-15,17,25-27,34,36,41H,12,16,18H2,1-2H3,(H,44,45)(H3,33,37,38,42);6-7,12,15,18-21,34H,8-11,13-14H2,1-3H3,(H,36,37)(H2,26,28,29)/p-3/t26-,27-,28-;25-,26-,27-;18?,19-,20-,21-/m111/s1. The van der Waals surface area contributed by atoms with Gasteiger partial charge in [-0.25, -0.2) is 29.7 Å². The van der Waals surface area contributed by atoms with E-state index in [1.165, 1.54) is 85.8 Å². The number of aromatic nitrogens is 15. The zero-order valence-corrected chi connectivity index (χ0v) is 78.9. The highest BCUT2D eigenvalue weighted by atomic mass is 31.2. The van der Waals surface area contributed by atoms with Crippen molar-refractivity contribution >= 4 is 126 Å². The number of aliphatic hydroxyl groups is 3. The zero-order valence-electron chi connectivity index (χ0n) is 76.3. The number of hydrogen-bond donors (Lipinski definition) is 12. The second kappa shape index (κ2) is 43.9. The third kappa shape index (κ3) is 23.7. The van der Waals surface area contributed by atoms with Crippen molar-refractivity contribution in [3.8, 4) is 35.5 Å². The van der Waals surface area contributed by atoms with Gasteiger partial charge in [-0.2, -0.15) is 9.97 Å². The summed E-state index contributed by atoms with van der Waals surface area (Å²) in [4.78, 5) is 140. The predicted molar refractivity (Wildman–Crippen MR) is 505 cm³/mol. The van der Waals surface area contributed by atoms with E-state index in [0.29, 0.717) is 40.1 Å². The number of aromatic amines is 2. The Hall–Kier alpha value is -14.2. The van der Waals surface area contributed by atoms with Gasteiger partial charge in [-0.3, -0.25) is 60.8 Å². The summed E-state index contributed by atoms with van der Waals surface area (Å²) < 4.78 is 94.7. The van der Waals surface area contributed by atoms with Crippen LogP contribution in [0.25, 0.3) is 33.1 Å². The lowest BCUT2D eigenvalue weighted by Crippen LogP contribution is -2.54. The molecule has 140 heavy (non-hydrogen) atoms. The Kier molecular flexibility index (Phi) is 31.4. The summed E-state index contributed by atoms with van der Waals surface area (Å²) in [5.74, 6) is 16.2. The van der Waals surface area contributed by atoms with Crippen LogP contribution >= 0.6 is 23.2 Å². The van der Waals surface area contributed by atoms with Gasteiger partial charge in [-0.05, 0) is 95.0 Å². The molecule has 0 aliphatic carbocycles. The average Bonchev–Trinajstić information content (AvgIpc) is 1.61. The van der Waals surface area contributed by atoms with Crippen LogP contribution in [-0.2, 0) is 71.7 Å². The van der Waals surface area contributed by atoms with E-state index in [2.05, 4.69) is 107 Å². The van der Waals surface area contributed by atoms with Crippen LogP contribution in [-0.4, -0.2) is 245 Å². The fourth-order valence-electron chi connectivity index (χ4n) is 15.8. The second-order valence-corrected chi connectivity index (χ2v) is 37.4. The maximum Gasteiger partial charge on any atom is 0.339 e. The number of imidazole rings is 3. The van der Waals surface area contributed by atoms with Crippen molar-refractivity contribution in [1.82, 2.24) is 81.4 Å². The van der Waals surface area contributed by atoms with E-state index >= 15 is 0 Å². The van der Waals surface area contributed by atoms with Crippen molar-refractivity contribution in [2.75, 3.05) is 126 Å². The van der Waals surface area contributed by atoms with Crippen LogP contribution in [0.15, 0.2) is 169 Å². The molecule has 0 saturated carbocycles. The van der Waals surface area contributed by atoms with E-state index in [1.54, 1.807) is 29.9 Å². The summed E-state index contributed by atoms with van der Waals surface area (Å²) in [6, 6.07) is 29.5. The van der Waals surface area contributed by atoms with Gasteiger partial charge in [0.2, 0.25) is 35.1 Å². The lowest BCUT2D eigenvalue weighted by Gasteiger charge is -2.35. The Bertz CT molecular complexity index is 7210. The number of likely N-dealkylation sites (N-methyl/N-ethyl adjacent to an activating group) is 2. The molecule has 4 unspecified atom stereocenters. The Balaban J connectivity index is 0.000000160. The molecule has 47 nitrogen and oxygen atoms in total. The second-order valence-electron chi connectivity index (χ2n) is 32.5. The first-order chi connectivity index (χ1) is 67.1. The van der Waals surface area contributed by atoms with Crippen LogP contribution in [0.3, 0.4) is 0 Å². The maximum atomic E-state index is 13.0. The molecule has 4 aliphatic rings. The van der Waals surface area contributed by atoms with Crippen LogP contribution in [0.1, 0.15) is 88.0 Å². The summed E-state index contributed by atoms with van der Waals surface area (Å²) in [6.45, 7) is 4.80. The maximum absolute atomic E-state index is 13.0. The number of anilines is 9. The molecule has 734 valence electrons. The molecule has 9 aromatic heterocycles. The SMILES string of the molecule is CNc1cc(Nc2ccccc2)cc(C(=O)OCC#Cc2cn([C@H]3C[C@@H](O)[C@@H](COP(=O)([O-])n4ccnc4C)O3)c3nc(N)[nH]c(=O)c23)c1.CNc1ccc(CC(=O)OCC#Cc2cn([C@H]3C[C@@H](O)[C@@H](COP(=O)([O-])n4ccnc4C)O3)c3nc(N)[nH]c(=O)c23)c(Nc2ccccc2)c1.Cc1nccn1P(=O)([O-])OC[C@H]1O[C@@H](n2cc(C#CCOC(=O)C3CN(C)CCN3C)c3c(N)ncnc32)C[C@H]1O. The van der Waals surface area contributed by atoms with Crippen LogP contribution in [0.4, 0.5) is 51.8 Å². The summed E-state index contributed by atoms with van der Waals surface area (Å²) in [5.41, 5.74) is 24.1. The van der Waals surface area contributed by atoms with Crippen molar-refractivity contribution in [3.05, 3.63) is 225 Å². The number of nitrogen functional groups attached to an aromatic ring is 3. The van der Waals surface area contributed by atoms with E-state index in [-0.39, 0.29) is 126 Å². The number of piperazine rings is 1. The highest BCUT2D eigenvalue weighted by Gasteiger charge is 2.41. The molecule has 4 aromatic carbocycles. The minimum Gasteiger partial charge on any atom is -0.761 e. The molecule has 4 aliphatic heterocycles. The first-order valence-electron chi connectivity index (χ1n) is 43.5. The van der Waals surface area contributed by atoms with Crippen molar-refractivity contribution in [1.29, 1.82) is 0 Å². The van der Waals surface area contributed by atoms with E-state index in [4.69, 9.17) is 59.2 Å². The van der Waals surface area contributed by atoms with Gasteiger partial charge in [-0.15, -0.1) is 0 Å². The number of para-hydroxylation sites is 2. The third-order valence-electron chi connectivity index (χ3n) is 22.9. The normalized spacial score (nSPS) is 20.3. The predicted octanol–water partition coefficient (Wildman–Crippen LogP) is 4.24. The van der Waals surface area contributed by atoms with Crippen molar-refractivity contribution < 1.29 is 100 Å². The lowest BCUT2D eigenvalue weighted by molar-refractivity contribution is -0.206.